The van der Waals surface area contributed by atoms with Crippen molar-refractivity contribution in [2.45, 2.75) is 26.0 Å². The summed E-state index contributed by atoms with van der Waals surface area (Å²) in [5.74, 6) is -0.0703. The third kappa shape index (κ3) is 4.29. The van der Waals surface area contributed by atoms with E-state index in [1.54, 1.807) is 18.2 Å². The zero-order valence-corrected chi connectivity index (χ0v) is 14.9. The number of hydrogen-bond donors (Lipinski definition) is 2. The van der Waals surface area contributed by atoms with Crippen LogP contribution < -0.4 is 5.32 Å². The van der Waals surface area contributed by atoms with Crippen LogP contribution in [0.15, 0.2) is 42.5 Å². The van der Waals surface area contributed by atoms with Crippen LogP contribution in [0.5, 0.6) is 0 Å². The van der Waals surface area contributed by atoms with Crippen LogP contribution in [0.2, 0.25) is 0 Å². The van der Waals surface area contributed by atoms with Gasteiger partial charge in [-0.1, -0.05) is 24.3 Å². The maximum absolute atomic E-state index is 11.8. The number of carbonyl (C=O) groups excluding carboxylic acids is 1. The number of carbonyl (C=O) groups is 1. The van der Waals surface area contributed by atoms with Crippen LogP contribution >= 0.6 is 0 Å². The van der Waals surface area contributed by atoms with Gasteiger partial charge in [0.2, 0.25) is 0 Å². The zero-order chi connectivity index (χ0) is 18.5. The highest BCUT2D eigenvalue weighted by Crippen LogP contribution is 2.20. The lowest BCUT2D eigenvalue weighted by Gasteiger charge is -2.30. The number of Topliss-reactive ketones (excluding diaryl/α,β-unsaturated/α-hetero) is 1. The third-order valence-electron chi connectivity index (χ3n) is 4.73. The largest absolute Gasteiger partial charge is 0.390 e. The molecule has 134 valence electrons. The molecule has 0 radical (unpaired) electrons. The second kappa shape index (κ2) is 8.13. The maximum Gasteiger partial charge on any atom is 0.161 e. The van der Waals surface area contributed by atoms with Crippen molar-refractivity contribution in [3.8, 4) is 6.07 Å². The van der Waals surface area contributed by atoms with Gasteiger partial charge in [0.25, 0.3) is 0 Å². The number of hydrogen-bond acceptors (Lipinski definition) is 5. The van der Waals surface area contributed by atoms with E-state index in [4.69, 9.17) is 5.26 Å². The summed E-state index contributed by atoms with van der Waals surface area (Å²) in [6, 6.07) is 15.4. The summed E-state index contributed by atoms with van der Waals surface area (Å²) in [6.07, 6.45) is 0.431. The summed E-state index contributed by atoms with van der Waals surface area (Å²) in [5, 5.41) is 22.6. The lowest BCUT2D eigenvalue weighted by Crippen LogP contribution is -2.39. The number of aliphatic hydroxyl groups excluding tert-OH is 1. The topological polar surface area (TPSA) is 76.4 Å². The van der Waals surface area contributed by atoms with Gasteiger partial charge in [-0.2, -0.15) is 5.26 Å². The predicted molar refractivity (Wildman–Crippen MR) is 101 cm³/mol. The molecular formula is C21H23N3O2. The number of nitrogens with one attached hydrogen (secondary N) is 1. The summed E-state index contributed by atoms with van der Waals surface area (Å²) in [5.41, 5.74) is 4.32. The van der Waals surface area contributed by atoms with E-state index in [1.165, 1.54) is 18.1 Å². The van der Waals surface area contributed by atoms with Gasteiger partial charge in [-0.25, -0.2) is 0 Å². The molecule has 0 saturated carbocycles. The number of nitrogens with zero attached hydrogens (tertiary/aromatic N) is 2. The number of fused-ring (bicyclic) bond motifs is 1. The monoisotopic (exact) mass is 349 g/mol. The van der Waals surface area contributed by atoms with Gasteiger partial charge >= 0.3 is 0 Å². The number of rotatable bonds is 6. The normalized spacial score (nSPS) is 15.0. The molecule has 0 fully saturated rings. The fourth-order valence-electron chi connectivity index (χ4n) is 3.37. The number of ketones is 1. The molecule has 1 aliphatic rings. The molecule has 0 spiro atoms. The van der Waals surface area contributed by atoms with E-state index in [0.717, 1.165) is 19.5 Å². The molecule has 26 heavy (non-hydrogen) atoms. The van der Waals surface area contributed by atoms with Crippen molar-refractivity contribution in [1.29, 1.82) is 5.26 Å². The van der Waals surface area contributed by atoms with Crippen LogP contribution in [0.1, 0.15) is 34.0 Å². The number of anilines is 1. The van der Waals surface area contributed by atoms with E-state index in [9.17, 15) is 9.90 Å². The predicted octanol–water partition coefficient (Wildman–Crippen LogP) is 2.59. The van der Waals surface area contributed by atoms with Crippen molar-refractivity contribution >= 4 is 11.5 Å². The maximum atomic E-state index is 11.8. The Morgan fingerprint density at radius 2 is 2.08 bits per heavy atom. The Balaban J connectivity index is 1.59. The molecule has 2 N–H and O–H groups in total. The van der Waals surface area contributed by atoms with Gasteiger partial charge in [-0.05, 0) is 42.7 Å². The molecule has 2 aromatic rings. The van der Waals surface area contributed by atoms with Gasteiger partial charge in [-0.3, -0.25) is 9.69 Å². The summed E-state index contributed by atoms with van der Waals surface area (Å²) >= 11 is 0. The molecule has 3 rings (SSSR count). The highest BCUT2D eigenvalue weighted by molar-refractivity contribution is 5.99. The Kier molecular flexibility index (Phi) is 5.67. The van der Waals surface area contributed by atoms with E-state index in [1.807, 2.05) is 6.07 Å². The molecule has 0 aromatic heterocycles. The first-order valence-electron chi connectivity index (χ1n) is 8.83. The summed E-state index contributed by atoms with van der Waals surface area (Å²) in [6.45, 7) is 4.16. The van der Waals surface area contributed by atoms with E-state index in [2.05, 4.69) is 34.5 Å². The first kappa shape index (κ1) is 18.1. The van der Waals surface area contributed by atoms with Gasteiger partial charge in [0.05, 0.1) is 17.7 Å². The molecule has 5 heteroatoms. The average molecular weight is 349 g/mol. The molecule has 2 aromatic carbocycles. The first-order valence-corrected chi connectivity index (χ1v) is 8.83. The average Bonchev–Trinajstić information content (AvgIpc) is 2.65. The van der Waals surface area contributed by atoms with Gasteiger partial charge < -0.3 is 10.4 Å². The minimum absolute atomic E-state index is 0.0703. The van der Waals surface area contributed by atoms with Crippen LogP contribution in [0.25, 0.3) is 0 Å². The molecule has 5 nitrogen and oxygen atoms in total. The summed E-state index contributed by atoms with van der Waals surface area (Å²) < 4.78 is 0. The quantitative estimate of drug-likeness (QED) is 0.784. The van der Waals surface area contributed by atoms with Gasteiger partial charge in [-0.15, -0.1) is 0 Å². The zero-order valence-electron chi connectivity index (χ0n) is 14.9. The standard InChI is InChI=1S/C21H23N3O2/c1-15(25)20-7-6-16(11-22)10-21(20)23-12-19(26)14-24-9-8-17-4-2-3-5-18(17)13-24/h2-7,10,19,23,26H,8-9,12-14H2,1H3. The Bertz CT molecular complexity index is 841. The van der Waals surface area contributed by atoms with Gasteiger partial charge in [0.1, 0.15) is 0 Å². The van der Waals surface area contributed by atoms with Crippen molar-refractivity contribution in [2.75, 3.05) is 25.0 Å². The second-order valence-electron chi connectivity index (χ2n) is 6.72. The van der Waals surface area contributed by atoms with Crippen LogP contribution in [-0.4, -0.2) is 41.5 Å². The van der Waals surface area contributed by atoms with Crippen molar-refractivity contribution in [2.24, 2.45) is 0 Å². The molecule has 0 saturated heterocycles. The molecule has 1 unspecified atom stereocenters. The van der Waals surface area contributed by atoms with Crippen LogP contribution in [0.4, 0.5) is 5.69 Å². The molecule has 0 bridgehead atoms. The molecular weight excluding hydrogens is 326 g/mol. The minimum atomic E-state index is -0.564. The summed E-state index contributed by atoms with van der Waals surface area (Å²) in [7, 11) is 0. The lowest BCUT2D eigenvalue weighted by atomic mass is 10.00. The minimum Gasteiger partial charge on any atom is -0.390 e. The number of benzene rings is 2. The SMILES string of the molecule is CC(=O)c1ccc(C#N)cc1NCC(O)CN1CCc2ccccc2C1. The third-order valence-corrected chi connectivity index (χ3v) is 4.73. The summed E-state index contributed by atoms with van der Waals surface area (Å²) in [4.78, 5) is 14.0. The Labute approximate surface area is 153 Å². The molecule has 1 atom stereocenters. The van der Waals surface area contributed by atoms with Crippen LogP contribution in [0, 0.1) is 11.3 Å². The highest BCUT2D eigenvalue weighted by Gasteiger charge is 2.18. The molecule has 1 heterocycles. The fraction of sp³-hybridized carbons (Fsp3) is 0.333. The number of aliphatic hydroxyl groups is 1. The molecule has 0 amide bonds. The van der Waals surface area contributed by atoms with Gasteiger partial charge in [0, 0.05) is 37.4 Å². The van der Waals surface area contributed by atoms with Crippen LogP contribution in [-0.2, 0) is 13.0 Å². The van der Waals surface area contributed by atoms with Crippen LogP contribution in [0.3, 0.4) is 0 Å². The first-order chi connectivity index (χ1) is 12.6. The van der Waals surface area contributed by atoms with Crippen molar-refractivity contribution in [3.05, 3.63) is 64.7 Å². The fourth-order valence-corrected chi connectivity index (χ4v) is 3.37. The Morgan fingerprint density at radius 1 is 1.31 bits per heavy atom. The lowest BCUT2D eigenvalue weighted by molar-refractivity contribution is 0.101. The number of nitriles is 1. The second-order valence-corrected chi connectivity index (χ2v) is 6.72. The van der Waals surface area contributed by atoms with Gasteiger partial charge in [0.15, 0.2) is 5.78 Å². The van der Waals surface area contributed by atoms with E-state index in [0.29, 0.717) is 29.9 Å². The van der Waals surface area contributed by atoms with E-state index in [-0.39, 0.29) is 5.78 Å². The van der Waals surface area contributed by atoms with Crippen molar-refractivity contribution < 1.29 is 9.90 Å². The Hall–Kier alpha value is -2.68. The number of β-amino-alcohol motifs (C(OH)–C–C–N with tert-alkyl or cyclic N) is 1. The molecule has 0 aliphatic carbocycles. The van der Waals surface area contributed by atoms with Crippen molar-refractivity contribution in [1.82, 2.24) is 4.90 Å². The van der Waals surface area contributed by atoms with E-state index >= 15 is 0 Å². The molecule has 1 aliphatic heterocycles. The smallest absolute Gasteiger partial charge is 0.161 e. The van der Waals surface area contributed by atoms with Crippen molar-refractivity contribution in [3.63, 3.8) is 0 Å². The van der Waals surface area contributed by atoms with E-state index < -0.39 is 6.10 Å². The Morgan fingerprint density at radius 3 is 2.81 bits per heavy atom. The highest BCUT2D eigenvalue weighted by atomic mass is 16.3.